The second kappa shape index (κ2) is 20.0. The van der Waals surface area contributed by atoms with Gasteiger partial charge in [-0.1, -0.05) is 214 Å². The lowest BCUT2D eigenvalue weighted by Crippen LogP contribution is -2.16. The molecule has 16 aromatic rings. The van der Waals surface area contributed by atoms with Crippen LogP contribution >= 0.6 is 0 Å². The third kappa shape index (κ3) is 7.55. The van der Waals surface area contributed by atoms with Gasteiger partial charge in [0.2, 0.25) is 0 Å². The molecule has 0 amide bonds. The molecule has 0 aliphatic heterocycles. The molecule has 0 saturated heterocycles. The highest BCUT2D eigenvalue weighted by Crippen LogP contribution is 2.47. The number of hydrogen-bond donors (Lipinski definition) is 0. The molecule has 3 heterocycles. The SMILES string of the molecule is C1=Cc2ccccc2-c2c(c3c4ccccc4ccc3n2C2=CC=C(N(c3ccc(-n4c5ccc6ccccc6c5c5ccc6ccccc6c54)cc3)c3ccc(-n4c5ccc6ccccc6c5c5ccc6ccccc6c54)cc3)CCC2)C1.CC. The van der Waals surface area contributed by atoms with Crippen LogP contribution in [0.15, 0.2) is 279 Å². The Labute approximate surface area is 499 Å². The van der Waals surface area contributed by atoms with E-state index in [0.717, 1.165) is 48.4 Å². The van der Waals surface area contributed by atoms with Gasteiger partial charge in [0.1, 0.15) is 0 Å². The molecule has 0 bridgehead atoms. The fourth-order valence-electron chi connectivity index (χ4n) is 14.9. The lowest BCUT2D eigenvalue weighted by molar-refractivity contribution is 0.812. The highest BCUT2D eigenvalue weighted by Gasteiger charge is 2.27. The topological polar surface area (TPSA) is 18.0 Å². The third-order valence-corrected chi connectivity index (χ3v) is 18.5. The van der Waals surface area contributed by atoms with Crippen LogP contribution in [0.5, 0.6) is 0 Å². The fraction of sp³-hybridized carbons (Fsp3) is 0.0732. The number of allylic oxidation sites excluding steroid dienone is 5. The van der Waals surface area contributed by atoms with E-state index in [0.29, 0.717) is 0 Å². The molecule has 4 nitrogen and oxygen atoms in total. The van der Waals surface area contributed by atoms with Crippen LogP contribution in [-0.4, -0.2) is 13.7 Å². The van der Waals surface area contributed by atoms with Gasteiger partial charge in [0, 0.05) is 77.4 Å². The first-order valence-electron chi connectivity index (χ1n) is 30.6. The van der Waals surface area contributed by atoms with Crippen LogP contribution in [0.2, 0.25) is 0 Å². The van der Waals surface area contributed by atoms with E-state index in [4.69, 9.17) is 0 Å². The van der Waals surface area contributed by atoms with Crippen LogP contribution in [0.4, 0.5) is 11.4 Å². The van der Waals surface area contributed by atoms with Crippen molar-refractivity contribution in [1.29, 1.82) is 0 Å². The molecule has 0 fully saturated rings. The molecule has 86 heavy (non-hydrogen) atoms. The van der Waals surface area contributed by atoms with Crippen molar-refractivity contribution >= 4 is 132 Å². The van der Waals surface area contributed by atoms with E-state index in [9.17, 15) is 0 Å². The zero-order chi connectivity index (χ0) is 57.0. The van der Waals surface area contributed by atoms with Crippen molar-refractivity contribution in [3.05, 3.63) is 290 Å². The minimum absolute atomic E-state index is 0.873. The first-order valence-corrected chi connectivity index (χ1v) is 30.6. The molecule has 4 heteroatoms. The maximum Gasteiger partial charge on any atom is 0.0619 e. The van der Waals surface area contributed by atoms with Gasteiger partial charge in [-0.25, -0.2) is 0 Å². The van der Waals surface area contributed by atoms with Crippen LogP contribution in [0.25, 0.3) is 143 Å². The Kier molecular flexibility index (Phi) is 11.6. The molecule has 3 aromatic heterocycles. The molecule has 0 N–H and O–H groups in total. The summed E-state index contributed by atoms with van der Waals surface area (Å²) in [5.41, 5.74) is 18.5. The molecule has 408 valence electrons. The lowest BCUT2D eigenvalue weighted by Gasteiger charge is -2.28. The van der Waals surface area contributed by atoms with Crippen molar-refractivity contribution in [2.24, 2.45) is 0 Å². The zero-order valence-corrected chi connectivity index (χ0v) is 48.2. The second-order valence-electron chi connectivity index (χ2n) is 23.0. The quantitative estimate of drug-likeness (QED) is 0.162. The van der Waals surface area contributed by atoms with E-state index in [2.05, 4.69) is 298 Å². The Morgan fingerprint density at radius 2 is 0.779 bits per heavy atom. The Balaban J connectivity index is 0.00000286. The van der Waals surface area contributed by atoms with Crippen LogP contribution < -0.4 is 4.90 Å². The monoisotopic (exact) mass is 1100 g/mol. The smallest absolute Gasteiger partial charge is 0.0619 e. The molecular weight excluding hydrogens is 1040 g/mol. The van der Waals surface area contributed by atoms with Crippen LogP contribution in [0.1, 0.15) is 44.2 Å². The number of anilines is 2. The number of rotatable bonds is 6. The lowest BCUT2D eigenvalue weighted by atomic mass is 9.98. The van der Waals surface area contributed by atoms with E-state index >= 15 is 0 Å². The summed E-state index contributed by atoms with van der Waals surface area (Å²) in [6.07, 6.45) is 13.2. The summed E-state index contributed by atoms with van der Waals surface area (Å²) in [4.78, 5) is 2.53. The predicted octanol–water partition coefficient (Wildman–Crippen LogP) is 22.6. The van der Waals surface area contributed by atoms with E-state index in [-0.39, 0.29) is 0 Å². The highest BCUT2D eigenvalue weighted by molar-refractivity contribution is 6.27. The van der Waals surface area contributed by atoms with Gasteiger partial charge in [-0.3, -0.25) is 0 Å². The summed E-state index contributed by atoms with van der Waals surface area (Å²) >= 11 is 0. The Hall–Kier alpha value is -10.7. The first kappa shape index (κ1) is 49.9. The molecule has 2 aliphatic carbocycles. The molecule has 0 radical (unpaired) electrons. The number of aromatic nitrogens is 3. The number of hydrogen-bond acceptors (Lipinski definition) is 1. The van der Waals surface area contributed by atoms with Crippen molar-refractivity contribution in [3.8, 4) is 22.6 Å². The fourth-order valence-corrected chi connectivity index (χ4v) is 14.9. The van der Waals surface area contributed by atoms with Gasteiger partial charge >= 0.3 is 0 Å². The standard InChI is InChI=1S/C80H54N4.C2H6/c1-7-24-63-52(16-1)33-48-72-75(63)69-30-13-21-51-15-4-10-27-66(51)78(69)82(72)58-23-14-22-57(36-37-58)81(59-38-42-61(43-39-59)83-73-49-34-53-17-2-8-25-64(53)76(73)70-46-31-55-19-5-11-28-67(55)79(70)83)60-40-44-62(45-41-60)84-74-50-35-54-18-3-9-26-65(54)77(74)71-47-32-56-20-6-12-29-68(56)80(71)84;1-2/h1-13,15-21,24-29,31-50H,14,22-23,30H2;1-2H3. The van der Waals surface area contributed by atoms with Gasteiger partial charge in [-0.2, -0.15) is 0 Å². The van der Waals surface area contributed by atoms with Gasteiger partial charge in [0.15, 0.2) is 0 Å². The number of fused-ring (bicyclic) bond motifs is 21. The van der Waals surface area contributed by atoms with Crippen LogP contribution in [0, 0.1) is 0 Å². The molecule has 18 rings (SSSR count). The van der Waals surface area contributed by atoms with Gasteiger partial charge in [-0.05, 0) is 159 Å². The minimum Gasteiger partial charge on any atom is -0.314 e. The average Bonchev–Trinajstić information content (AvgIpc) is 1.71. The van der Waals surface area contributed by atoms with Gasteiger partial charge < -0.3 is 18.6 Å². The van der Waals surface area contributed by atoms with E-state index in [1.54, 1.807) is 0 Å². The molecule has 0 saturated carbocycles. The first-order chi connectivity index (χ1) is 42.7. The van der Waals surface area contributed by atoms with Crippen molar-refractivity contribution in [2.45, 2.75) is 39.5 Å². The third-order valence-electron chi connectivity index (χ3n) is 18.5. The van der Waals surface area contributed by atoms with Crippen molar-refractivity contribution in [3.63, 3.8) is 0 Å². The largest absolute Gasteiger partial charge is 0.314 e. The molecular formula is C82H60N4. The van der Waals surface area contributed by atoms with Gasteiger partial charge in [0.05, 0.1) is 33.3 Å². The Morgan fingerprint density at radius 3 is 1.30 bits per heavy atom. The Bertz CT molecular complexity index is 5310. The molecule has 0 unspecified atom stereocenters. The summed E-state index contributed by atoms with van der Waals surface area (Å²) in [5, 5.41) is 19.1. The van der Waals surface area contributed by atoms with E-state index in [1.165, 1.54) is 142 Å². The highest BCUT2D eigenvalue weighted by atomic mass is 15.2. The molecule has 13 aromatic carbocycles. The normalized spacial score (nSPS) is 13.4. The van der Waals surface area contributed by atoms with E-state index in [1.807, 2.05) is 13.8 Å². The molecule has 0 atom stereocenters. The summed E-state index contributed by atoms with van der Waals surface area (Å²) < 4.78 is 7.62. The number of nitrogens with zero attached hydrogens (tertiary/aromatic N) is 4. The van der Waals surface area contributed by atoms with Gasteiger partial charge in [0.25, 0.3) is 0 Å². The summed E-state index contributed by atoms with van der Waals surface area (Å²) in [5.74, 6) is 0. The summed E-state index contributed by atoms with van der Waals surface area (Å²) in [6.45, 7) is 4.00. The van der Waals surface area contributed by atoms with Gasteiger partial charge in [-0.15, -0.1) is 0 Å². The zero-order valence-electron chi connectivity index (χ0n) is 48.2. The minimum atomic E-state index is 0.873. The van der Waals surface area contributed by atoms with Crippen molar-refractivity contribution in [1.82, 2.24) is 13.7 Å². The predicted molar refractivity (Wildman–Crippen MR) is 369 cm³/mol. The maximum absolute atomic E-state index is 2.62. The molecule has 0 spiro atoms. The molecule has 2 aliphatic rings. The summed E-state index contributed by atoms with van der Waals surface area (Å²) in [6, 6.07) is 95.1. The Morgan fingerprint density at radius 1 is 0.349 bits per heavy atom. The van der Waals surface area contributed by atoms with Crippen molar-refractivity contribution < 1.29 is 0 Å². The summed E-state index contributed by atoms with van der Waals surface area (Å²) in [7, 11) is 0. The maximum atomic E-state index is 2.62. The van der Waals surface area contributed by atoms with E-state index < -0.39 is 0 Å². The van der Waals surface area contributed by atoms with Crippen LogP contribution in [-0.2, 0) is 6.42 Å². The average molecular weight is 1100 g/mol. The number of benzene rings is 13. The second-order valence-corrected chi connectivity index (χ2v) is 23.0. The van der Waals surface area contributed by atoms with Crippen LogP contribution in [0.3, 0.4) is 0 Å². The van der Waals surface area contributed by atoms with Crippen molar-refractivity contribution in [2.75, 3.05) is 4.90 Å².